The van der Waals surface area contributed by atoms with E-state index in [2.05, 4.69) is 24.3 Å². The standard InChI is InChI=1S/C16H14O/c17-16(13-6-2-3-7-13)15-10-9-12-5-1-4-8-14(12)11-15/h1-11,13,16-17H/t16-/m0/s1. The fourth-order valence-electron chi connectivity index (χ4n) is 2.27. The Morgan fingerprint density at radius 3 is 2.35 bits per heavy atom. The lowest BCUT2D eigenvalue weighted by molar-refractivity contribution is 0.152. The monoisotopic (exact) mass is 222 g/mol. The van der Waals surface area contributed by atoms with Crippen molar-refractivity contribution in [3.63, 3.8) is 0 Å². The van der Waals surface area contributed by atoms with Crippen molar-refractivity contribution < 1.29 is 5.11 Å². The number of hydrogen-bond acceptors (Lipinski definition) is 1. The van der Waals surface area contributed by atoms with Gasteiger partial charge >= 0.3 is 0 Å². The quantitative estimate of drug-likeness (QED) is 0.822. The maximum Gasteiger partial charge on any atom is 0.0887 e. The van der Waals surface area contributed by atoms with Gasteiger partial charge in [0, 0.05) is 5.92 Å². The van der Waals surface area contributed by atoms with E-state index in [-0.39, 0.29) is 5.92 Å². The van der Waals surface area contributed by atoms with Gasteiger partial charge in [0.25, 0.3) is 0 Å². The minimum atomic E-state index is -0.449. The molecular formula is C16H14O. The van der Waals surface area contributed by atoms with Crippen molar-refractivity contribution in [1.82, 2.24) is 0 Å². The van der Waals surface area contributed by atoms with Crippen LogP contribution in [0.15, 0.2) is 66.8 Å². The van der Waals surface area contributed by atoms with Crippen molar-refractivity contribution in [2.45, 2.75) is 6.10 Å². The molecule has 0 bridgehead atoms. The molecule has 2 aromatic rings. The van der Waals surface area contributed by atoms with Crippen LogP contribution in [0.1, 0.15) is 11.7 Å². The van der Waals surface area contributed by atoms with Crippen LogP contribution in [0, 0.1) is 5.92 Å². The van der Waals surface area contributed by atoms with Crippen LogP contribution >= 0.6 is 0 Å². The third-order valence-electron chi connectivity index (χ3n) is 3.26. The number of rotatable bonds is 2. The smallest absolute Gasteiger partial charge is 0.0887 e. The molecule has 0 amide bonds. The van der Waals surface area contributed by atoms with Gasteiger partial charge < -0.3 is 5.11 Å². The number of benzene rings is 2. The van der Waals surface area contributed by atoms with Crippen LogP contribution in [0.4, 0.5) is 0 Å². The molecular weight excluding hydrogens is 208 g/mol. The van der Waals surface area contributed by atoms with Crippen molar-refractivity contribution in [3.8, 4) is 0 Å². The highest BCUT2D eigenvalue weighted by Crippen LogP contribution is 2.29. The highest BCUT2D eigenvalue weighted by molar-refractivity contribution is 5.83. The third kappa shape index (κ3) is 1.90. The Morgan fingerprint density at radius 2 is 1.59 bits per heavy atom. The Kier molecular flexibility index (Phi) is 2.54. The first-order chi connectivity index (χ1) is 8.34. The molecule has 1 aliphatic carbocycles. The maximum atomic E-state index is 10.3. The number of hydrogen-bond donors (Lipinski definition) is 1. The van der Waals surface area contributed by atoms with Gasteiger partial charge in [0.05, 0.1) is 6.10 Å². The van der Waals surface area contributed by atoms with Crippen LogP contribution in [0.25, 0.3) is 10.8 Å². The second-order valence-corrected chi connectivity index (χ2v) is 4.40. The molecule has 84 valence electrons. The molecule has 1 aliphatic rings. The van der Waals surface area contributed by atoms with Crippen molar-refractivity contribution in [3.05, 3.63) is 72.3 Å². The maximum absolute atomic E-state index is 10.3. The Labute approximate surface area is 101 Å². The Hall–Kier alpha value is -1.86. The zero-order valence-corrected chi connectivity index (χ0v) is 9.45. The number of allylic oxidation sites excluding steroid dienone is 2. The average Bonchev–Trinajstić information content (AvgIpc) is 2.91. The van der Waals surface area contributed by atoms with Crippen molar-refractivity contribution in [1.29, 1.82) is 0 Å². The van der Waals surface area contributed by atoms with Gasteiger partial charge in [0.2, 0.25) is 0 Å². The first kappa shape index (κ1) is 10.3. The van der Waals surface area contributed by atoms with E-state index < -0.39 is 6.10 Å². The van der Waals surface area contributed by atoms with E-state index in [1.165, 1.54) is 10.8 Å². The zero-order valence-electron chi connectivity index (χ0n) is 9.45. The van der Waals surface area contributed by atoms with Crippen LogP contribution in [0.5, 0.6) is 0 Å². The number of aliphatic hydroxyl groups is 1. The van der Waals surface area contributed by atoms with Gasteiger partial charge in [-0.3, -0.25) is 0 Å². The Morgan fingerprint density at radius 1 is 0.882 bits per heavy atom. The average molecular weight is 222 g/mol. The fraction of sp³-hybridized carbons (Fsp3) is 0.125. The van der Waals surface area contributed by atoms with Crippen LogP contribution in [0.2, 0.25) is 0 Å². The predicted molar refractivity (Wildman–Crippen MR) is 70.7 cm³/mol. The van der Waals surface area contributed by atoms with Gasteiger partial charge in [-0.05, 0) is 22.4 Å². The summed E-state index contributed by atoms with van der Waals surface area (Å²) in [6.45, 7) is 0. The van der Waals surface area contributed by atoms with Crippen molar-refractivity contribution in [2.24, 2.45) is 5.92 Å². The molecule has 0 saturated carbocycles. The van der Waals surface area contributed by atoms with E-state index in [4.69, 9.17) is 0 Å². The summed E-state index contributed by atoms with van der Waals surface area (Å²) in [6.07, 6.45) is 7.57. The predicted octanol–water partition coefficient (Wildman–Crippen LogP) is 3.62. The van der Waals surface area contributed by atoms with Crippen LogP contribution in [0.3, 0.4) is 0 Å². The summed E-state index contributed by atoms with van der Waals surface area (Å²) >= 11 is 0. The molecule has 1 nitrogen and oxygen atoms in total. The second-order valence-electron chi connectivity index (χ2n) is 4.40. The largest absolute Gasteiger partial charge is 0.387 e. The lowest BCUT2D eigenvalue weighted by Gasteiger charge is -2.15. The minimum absolute atomic E-state index is 0.108. The van der Waals surface area contributed by atoms with E-state index in [1.807, 2.05) is 42.5 Å². The third-order valence-corrected chi connectivity index (χ3v) is 3.26. The molecule has 1 heteroatoms. The van der Waals surface area contributed by atoms with Crippen molar-refractivity contribution >= 4 is 10.8 Å². The first-order valence-corrected chi connectivity index (χ1v) is 5.86. The zero-order chi connectivity index (χ0) is 11.7. The summed E-state index contributed by atoms with van der Waals surface area (Å²) in [5.41, 5.74) is 0.977. The SMILES string of the molecule is O[C@H](c1ccc2ccccc2c1)C1C=CC=C1. The topological polar surface area (TPSA) is 20.2 Å². The molecule has 0 spiro atoms. The van der Waals surface area contributed by atoms with E-state index in [9.17, 15) is 5.11 Å². The number of aliphatic hydroxyl groups excluding tert-OH is 1. The van der Waals surface area contributed by atoms with Crippen LogP contribution < -0.4 is 0 Å². The van der Waals surface area contributed by atoms with Gasteiger partial charge in [-0.25, -0.2) is 0 Å². The molecule has 0 fully saturated rings. The lowest BCUT2D eigenvalue weighted by Crippen LogP contribution is -2.06. The lowest BCUT2D eigenvalue weighted by atomic mass is 9.95. The summed E-state index contributed by atoms with van der Waals surface area (Å²) < 4.78 is 0. The second kappa shape index (κ2) is 4.19. The highest BCUT2D eigenvalue weighted by Gasteiger charge is 2.17. The molecule has 1 atom stereocenters. The fourth-order valence-corrected chi connectivity index (χ4v) is 2.27. The van der Waals surface area contributed by atoms with Gasteiger partial charge in [-0.2, -0.15) is 0 Å². The minimum Gasteiger partial charge on any atom is -0.387 e. The highest BCUT2D eigenvalue weighted by atomic mass is 16.3. The van der Waals surface area contributed by atoms with Crippen LogP contribution in [-0.4, -0.2) is 5.11 Å². The molecule has 1 N–H and O–H groups in total. The van der Waals surface area contributed by atoms with E-state index in [0.29, 0.717) is 0 Å². The molecule has 0 radical (unpaired) electrons. The van der Waals surface area contributed by atoms with E-state index in [1.54, 1.807) is 0 Å². The van der Waals surface area contributed by atoms with Gasteiger partial charge in [0.15, 0.2) is 0 Å². The molecule has 0 aliphatic heterocycles. The summed E-state index contributed by atoms with van der Waals surface area (Å²) in [7, 11) is 0. The molecule has 0 aromatic heterocycles. The summed E-state index contributed by atoms with van der Waals surface area (Å²) in [4.78, 5) is 0. The van der Waals surface area contributed by atoms with Gasteiger partial charge in [-0.15, -0.1) is 0 Å². The number of fused-ring (bicyclic) bond motifs is 1. The van der Waals surface area contributed by atoms with Crippen molar-refractivity contribution in [2.75, 3.05) is 0 Å². The van der Waals surface area contributed by atoms with E-state index >= 15 is 0 Å². The molecule has 2 aromatic carbocycles. The molecule has 3 rings (SSSR count). The van der Waals surface area contributed by atoms with E-state index in [0.717, 1.165) is 5.56 Å². The first-order valence-electron chi connectivity index (χ1n) is 5.86. The van der Waals surface area contributed by atoms with Gasteiger partial charge in [-0.1, -0.05) is 60.7 Å². The summed E-state index contributed by atoms with van der Waals surface area (Å²) in [5, 5.41) is 12.7. The summed E-state index contributed by atoms with van der Waals surface area (Å²) in [6, 6.07) is 14.4. The molecule has 0 unspecified atom stereocenters. The molecule has 0 saturated heterocycles. The summed E-state index contributed by atoms with van der Waals surface area (Å²) in [5.74, 6) is 0.108. The van der Waals surface area contributed by atoms with Gasteiger partial charge in [0.1, 0.15) is 0 Å². The Bertz CT molecular complexity index is 583. The van der Waals surface area contributed by atoms with Crippen LogP contribution in [-0.2, 0) is 0 Å². The molecule has 0 heterocycles. The molecule has 17 heavy (non-hydrogen) atoms. The normalized spacial score (nSPS) is 16.8. The Balaban J connectivity index is 2.00.